The summed E-state index contributed by atoms with van der Waals surface area (Å²) in [5, 5.41) is 4.37. The van der Waals surface area contributed by atoms with Crippen LogP contribution in [0.2, 0.25) is 0 Å². The predicted octanol–water partition coefficient (Wildman–Crippen LogP) is 1.74. The first-order chi connectivity index (χ1) is 6.13. The molecule has 0 aromatic carbocycles. The second-order valence-corrected chi connectivity index (χ2v) is 3.96. The summed E-state index contributed by atoms with van der Waals surface area (Å²) in [7, 11) is 0. The van der Waals surface area contributed by atoms with E-state index in [1.807, 2.05) is 23.9 Å². The molecule has 1 heterocycles. The summed E-state index contributed by atoms with van der Waals surface area (Å²) in [5.74, 6) is 0.665. The number of rotatable bonds is 4. The molecule has 0 saturated carbocycles. The highest BCUT2D eigenvalue weighted by atomic mass is 15.3. The van der Waals surface area contributed by atoms with Crippen LogP contribution in [0.1, 0.15) is 32.0 Å². The highest BCUT2D eigenvalue weighted by Crippen LogP contribution is 2.15. The van der Waals surface area contributed by atoms with Gasteiger partial charge in [0.15, 0.2) is 0 Å². The van der Waals surface area contributed by atoms with E-state index in [9.17, 15) is 0 Å². The SMILES string of the molecule is Cc1ccn(C(CN)CC(C)C)n1. The summed E-state index contributed by atoms with van der Waals surface area (Å²) >= 11 is 0. The first kappa shape index (κ1) is 10.3. The van der Waals surface area contributed by atoms with E-state index in [4.69, 9.17) is 5.73 Å². The molecule has 0 radical (unpaired) electrons. The lowest BCUT2D eigenvalue weighted by Gasteiger charge is -2.17. The van der Waals surface area contributed by atoms with Crippen LogP contribution in [0.3, 0.4) is 0 Å². The van der Waals surface area contributed by atoms with Crippen LogP contribution in [0.15, 0.2) is 12.3 Å². The molecular weight excluding hydrogens is 162 g/mol. The fourth-order valence-corrected chi connectivity index (χ4v) is 1.49. The number of hydrogen-bond donors (Lipinski definition) is 1. The Kier molecular flexibility index (Phi) is 3.48. The van der Waals surface area contributed by atoms with Crippen molar-refractivity contribution >= 4 is 0 Å². The van der Waals surface area contributed by atoms with Crippen molar-refractivity contribution in [3.63, 3.8) is 0 Å². The molecule has 74 valence electrons. The molecule has 13 heavy (non-hydrogen) atoms. The smallest absolute Gasteiger partial charge is 0.0643 e. The molecular formula is C10H19N3. The monoisotopic (exact) mass is 181 g/mol. The minimum absolute atomic E-state index is 0.355. The molecule has 0 fully saturated rings. The van der Waals surface area contributed by atoms with E-state index in [-0.39, 0.29) is 0 Å². The number of aromatic nitrogens is 2. The average Bonchev–Trinajstić information content (AvgIpc) is 2.47. The number of hydrogen-bond acceptors (Lipinski definition) is 2. The summed E-state index contributed by atoms with van der Waals surface area (Å²) < 4.78 is 1.98. The van der Waals surface area contributed by atoms with Gasteiger partial charge in [0.25, 0.3) is 0 Å². The highest BCUT2D eigenvalue weighted by Gasteiger charge is 2.11. The van der Waals surface area contributed by atoms with Crippen LogP contribution < -0.4 is 5.73 Å². The number of nitrogens with two attached hydrogens (primary N) is 1. The van der Waals surface area contributed by atoms with E-state index in [1.54, 1.807) is 0 Å². The molecule has 1 rings (SSSR count). The molecule has 2 N–H and O–H groups in total. The minimum atomic E-state index is 0.355. The Morgan fingerprint density at radius 3 is 2.62 bits per heavy atom. The van der Waals surface area contributed by atoms with Crippen LogP contribution in [0.4, 0.5) is 0 Å². The van der Waals surface area contributed by atoms with Gasteiger partial charge < -0.3 is 5.73 Å². The maximum Gasteiger partial charge on any atom is 0.0643 e. The Bertz CT molecular complexity index is 252. The van der Waals surface area contributed by atoms with Crippen molar-refractivity contribution in [2.24, 2.45) is 11.7 Å². The van der Waals surface area contributed by atoms with Crippen molar-refractivity contribution in [1.82, 2.24) is 9.78 Å². The Balaban J connectivity index is 2.66. The van der Waals surface area contributed by atoms with Gasteiger partial charge in [-0.1, -0.05) is 13.8 Å². The first-order valence-corrected chi connectivity index (χ1v) is 4.85. The summed E-state index contributed by atoms with van der Waals surface area (Å²) in [6.07, 6.45) is 3.10. The first-order valence-electron chi connectivity index (χ1n) is 4.85. The summed E-state index contributed by atoms with van der Waals surface area (Å²) in [5.41, 5.74) is 6.76. The van der Waals surface area contributed by atoms with E-state index in [1.165, 1.54) is 0 Å². The maximum absolute atomic E-state index is 5.70. The van der Waals surface area contributed by atoms with Gasteiger partial charge in [-0.25, -0.2) is 0 Å². The predicted molar refractivity (Wildman–Crippen MR) is 54.5 cm³/mol. The van der Waals surface area contributed by atoms with Gasteiger partial charge in [-0.3, -0.25) is 4.68 Å². The summed E-state index contributed by atoms with van der Waals surface area (Å²) in [4.78, 5) is 0. The second kappa shape index (κ2) is 4.42. The van der Waals surface area contributed by atoms with Crippen molar-refractivity contribution < 1.29 is 0 Å². The zero-order chi connectivity index (χ0) is 9.84. The van der Waals surface area contributed by atoms with Gasteiger partial charge in [0.05, 0.1) is 11.7 Å². The van der Waals surface area contributed by atoms with Gasteiger partial charge >= 0.3 is 0 Å². The standard InChI is InChI=1S/C10H19N3/c1-8(2)6-10(7-11)13-5-4-9(3)12-13/h4-5,8,10H,6-7,11H2,1-3H3. The van der Waals surface area contributed by atoms with E-state index >= 15 is 0 Å². The molecule has 0 aliphatic rings. The molecule has 0 bridgehead atoms. The van der Waals surface area contributed by atoms with Crippen LogP contribution in [0.5, 0.6) is 0 Å². The largest absolute Gasteiger partial charge is 0.328 e. The van der Waals surface area contributed by atoms with Crippen LogP contribution in [0.25, 0.3) is 0 Å². The van der Waals surface area contributed by atoms with Gasteiger partial charge in [-0.15, -0.1) is 0 Å². The minimum Gasteiger partial charge on any atom is -0.328 e. The second-order valence-electron chi connectivity index (χ2n) is 3.96. The Morgan fingerprint density at radius 2 is 2.23 bits per heavy atom. The van der Waals surface area contributed by atoms with Crippen LogP contribution >= 0.6 is 0 Å². The highest BCUT2D eigenvalue weighted by molar-refractivity contribution is 4.96. The molecule has 0 aliphatic heterocycles. The normalized spacial score (nSPS) is 13.6. The summed E-state index contributed by atoms with van der Waals surface area (Å²) in [6, 6.07) is 2.37. The van der Waals surface area contributed by atoms with Crippen molar-refractivity contribution in [2.75, 3.05) is 6.54 Å². The van der Waals surface area contributed by atoms with Crippen LogP contribution in [-0.4, -0.2) is 16.3 Å². The van der Waals surface area contributed by atoms with Crippen molar-refractivity contribution in [1.29, 1.82) is 0 Å². The van der Waals surface area contributed by atoms with Crippen LogP contribution in [0, 0.1) is 12.8 Å². The molecule has 0 amide bonds. The fourth-order valence-electron chi connectivity index (χ4n) is 1.49. The lowest BCUT2D eigenvalue weighted by atomic mass is 10.0. The third kappa shape index (κ3) is 2.84. The lowest BCUT2D eigenvalue weighted by Crippen LogP contribution is -2.21. The van der Waals surface area contributed by atoms with E-state index in [0.717, 1.165) is 12.1 Å². The average molecular weight is 181 g/mol. The number of aryl methyl sites for hydroxylation is 1. The molecule has 0 saturated heterocycles. The Labute approximate surface area is 79.9 Å². The molecule has 1 aromatic rings. The molecule has 1 unspecified atom stereocenters. The van der Waals surface area contributed by atoms with E-state index in [0.29, 0.717) is 18.5 Å². The van der Waals surface area contributed by atoms with Gasteiger partial charge in [0, 0.05) is 12.7 Å². The van der Waals surface area contributed by atoms with Gasteiger partial charge in [-0.05, 0) is 25.3 Å². The van der Waals surface area contributed by atoms with Crippen molar-refractivity contribution in [2.45, 2.75) is 33.2 Å². The van der Waals surface area contributed by atoms with Gasteiger partial charge in [0.1, 0.15) is 0 Å². The third-order valence-corrected chi connectivity index (χ3v) is 2.13. The molecule has 0 aliphatic carbocycles. The summed E-state index contributed by atoms with van der Waals surface area (Å²) in [6.45, 7) is 7.08. The van der Waals surface area contributed by atoms with Gasteiger partial charge in [-0.2, -0.15) is 5.10 Å². The molecule has 3 heteroatoms. The molecule has 1 aromatic heterocycles. The topological polar surface area (TPSA) is 43.8 Å². The zero-order valence-electron chi connectivity index (χ0n) is 8.70. The molecule has 0 spiro atoms. The van der Waals surface area contributed by atoms with E-state index in [2.05, 4.69) is 18.9 Å². The fraction of sp³-hybridized carbons (Fsp3) is 0.700. The maximum atomic E-state index is 5.70. The van der Waals surface area contributed by atoms with Gasteiger partial charge in [0.2, 0.25) is 0 Å². The zero-order valence-corrected chi connectivity index (χ0v) is 8.70. The Morgan fingerprint density at radius 1 is 1.54 bits per heavy atom. The van der Waals surface area contributed by atoms with Crippen molar-refractivity contribution in [3.05, 3.63) is 18.0 Å². The van der Waals surface area contributed by atoms with Crippen molar-refractivity contribution in [3.8, 4) is 0 Å². The number of nitrogens with zero attached hydrogens (tertiary/aromatic N) is 2. The quantitative estimate of drug-likeness (QED) is 0.769. The third-order valence-electron chi connectivity index (χ3n) is 2.13. The lowest BCUT2D eigenvalue weighted by molar-refractivity contribution is 0.378. The molecule has 1 atom stereocenters. The Hall–Kier alpha value is -0.830. The van der Waals surface area contributed by atoms with Crippen LogP contribution in [-0.2, 0) is 0 Å². The molecule has 3 nitrogen and oxygen atoms in total. The van der Waals surface area contributed by atoms with E-state index < -0.39 is 0 Å².